The second-order valence-corrected chi connectivity index (χ2v) is 5.93. The highest BCUT2D eigenvalue weighted by molar-refractivity contribution is 7.35. The van der Waals surface area contributed by atoms with Crippen molar-refractivity contribution < 1.29 is 0 Å². The fourth-order valence-electron chi connectivity index (χ4n) is 1.28. The molecule has 84 valence electrons. The number of fused-ring (bicyclic) bond motifs is 1. The molecule has 0 radical (unpaired) electrons. The van der Waals surface area contributed by atoms with E-state index in [-0.39, 0.29) is 0 Å². The van der Waals surface area contributed by atoms with Gasteiger partial charge < -0.3 is 4.90 Å². The highest BCUT2D eigenvalue weighted by atomic mass is 32.2. The van der Waals surface area contributed by atoms with Crippen LogP contribution in [0.1, 0.15) is 0 Å². The van der Waals surface area contributed by atoms with Gasteiger partial charge >= 0.3 is 0 Å². The Morgan fingerprint density at radius 3 is 2.38 bits per heavy atom. The minimum atomic E-state index is 0.751. The zero-order valence-corrected chi connectivity index (χ0v) is 11.0. The van der Waals surface area contributed by atoms with Crippen LogP contribution >= 0.6 is 22.7 Å². The monoisotopic (exact) mass is 250 g/mol. The van der Waals surface area contributed by atoms with Crippen molar-refractivity contribution in [1.82, 2.24) is 4.90 Å². The standard InChI is InChI=1S/C12H14N2S2/c1-14(2)9-5-8-13-12-15-10-6-3-4-7-11(10)16-12/h3-7,9H,8H2,1-2H3/b9-5-. The first-order valence-corrected chi connectivity index (χ1v) is 6.71. The molecule has 2 aromatic rings. The quantitative estimate of drug-likeness (QED) is 0.818. The summed E-state index contributed by atoms with van der Waals surface area (Å²) in [6.45, 7) is 0.751. The summed E-state index contributed by atoms with van der Waals surface area (Å²) in [5.41, 5.74) is 0. The van der Waals surface area contributed by atoms with Gasteiger partial charge in [-0.3, -0.25) is 4.99 Å². The van der Waals surface area contributed by atoms with Crippen LogP contribution in [-0.4, -0.2) is 25.5 Å². The number of rotatable bonds is 3. The minimum Gasteiger partial charge on any atom is -0.384 e. The molecule has 0 aliphatic carbocycles. The van der Waals surface area contributed by atoms with Crippen molar-refractivity contribution in [2.75, 3.05) is 20.6 Å². The van der Waals surface area contributed by atoms with Crippen LogP contribution in [0.15, 0.2) is 41.5 Å². The second kappa shape index (κ2) is 5.27. The van der Waals surface area contributed by atoms with Crippen molar-refractivity contribution in [1.29, 1.82) is 0 Å². The zero-order chi connectivity index (χ0) is 11.4. The third-order valence-corrected chi connectivity index (χ3v) is 4.36. The lowest BCUT2D eigenvalue weighted by molar-refractivity contribution is 0.562. The minimum absolute atomic E-state index is 0.751. The smallest absolute Gasteiger partial charge is 0.167 e. The third-order valence-electron chi connectivity index (χ3n) is 1.97. The van der Waals surface area contributed by atoms with Crippen molar-refractivity contribution in [3.63, 3.8) is 0 Å². The van der Waals surface area contributed by atoms with Gasteiger partial charge in [-0.15, -0.1) is 22.7 Å². The first-order valence-electron chi connectivity index (χ1n) is 5.08. The molecule has 0 atom stereocenters. The molecule has 2 rings (SSSR count). The molecule has 16 heavy (non-hydrogen) atoms. The summed E-state index contributed by atoms with van der Waals surface area (Å²) >= 11 is 3.52. The van der Waals surface area contributed by atoms with E-state index in [2.05, 4.69) is 35.3 Å². The summed E-state index contributed by atoms with van der Waals surface area (Å²) in [4.78, 5) is 6.56. The fourth-order valence-corrected chi connectivity index (χ4v) is 3.52. The van der Waals surface area contributed by atoms with Crippen molar-refractivity contribution in [2.45, 2.75) is 0 Å². The predicted octanol–water partition coefficient (Wildman–Crippen LogP) is 2.94. The molecular weight excluding hydrogens is 236 g/mol. The largest absolute Gasteiger partial charge is 0.384 e. The van der Waals surface area contributed by atoms with Crippen molar-refractivity contribution in [2.24, 2.45) is 4.99 Å². The average Bonchev–Trinajstić information content (AvgIpc) is 2.66. The molecule has 0 saturated heterocycles. The van der Waals surface area contributed by atoms with Crippen LogP contribution in [0.2, 0.25) is 0 Å². The summed E-state index contributed by atoms with van der Waals surface area (Å²) in [6.07, 6.45) is 4.10. The maximum atomic E-state index is 4.54. The van der Waals surface area contributed by atoms with E-state index < -0.39 is 0 Å². The van der Waals surface area contributed by atoms with Crippen molar-refractivity contribution in [3.05, 3.63) is 40.5 Å². The van der Waals surface area contributed by atoms with Gasteiger partial charge in [0.2, 0.25) is 0 Å². The summed E-state index contributed by atoms with van der Waals surface area (Å²) in [5.74, 6) is 0. The van der Waals surface area contributed by atoms with E-state index in [0.717, 1.165) is 10.5 Å². The highest BCUT2D eigenvalue weighted by Gasteiger charge is 1.95. The van der Waals surface area contributed by atoms with Crippen LogP contribution in [0.25, 0.3) is 9.40 Å². The molecule has 1 aromatic heterocycles. The summed E-state index contributed by atoms with van der Waals surface area (Å²) < 4.78 is 3.79. The molecule has 0 spiro atoms. The van der Waals surface area contributed by atoms with Crippen LogP contribution in [0, 0.1) is 0 Å². The molecule has 0 unspecified atom stereocenters. The molecule has 0 bridgehead atoms. The van der Waals surface area contributed by atoms with Gasteiger partial charge in [-0.25, -0.2) is 0 Å². The van der Waals surface area contributed by atoms with Gasteiger partial charge in [0.05, 0.1) is 6.54 Å². The van der Waals surface area contributed by atoms with E-state index in [0.29, 0.717) is 0 Å². The van der Waals surface area contributed by atoms with E-state index in [1.165, 1.54) is 9.40 Å². The molecule has 0 amide bonds. The van der Waals surface area contributed by atoms with E-state index in [4.69, 9.17) is 0 Å². The second-order valence-electron chi connectivity index (χ2n) is 3.61. The predicted molar refractivity (Wildman–Crippen MR) is 73.0 cm³/mol. The van der Waals surface area contributed by atoms with Gasteiger partial charge in [-0.1, -0.05) is 12.1 Å². The van der Waals surface area contributed by atoms with Gasteiger partial charge in [-0.05, 0) is 24.4 Å². The average molecular weight is 250 g/mol. The van der Waals surface area contributed by atoms with E-state index >= 15 is 0 Å². The van der Waals surface area contributed by atoms with E-state index in [1.54, 1.807) is 22.7 Å². The van der Waals surface area contributed by atoms with Gasteiger partial charge in [-0.2, -0.15) is 0 Å². The van der Waals surface area contributed by atoms with Crippen LogP contribution < -0.4 is 3.98 Å². The van der Waals surface area contributed by atoms with E-state index in [9.17, 15) is 0 Å². The topological polar surface area (TPSA) is 15.6 Å². The Labute approximate surface area is 103 Å². The Bertz CT molecular complexity index is 513. The molecule has 2 nitrogen and oxygen atoms in total. The summed E-state index contributed by atoms with van der Waals surface area (Å²) in [5, 5.41) is 0. The molecule has 0 aliphatic heterocycles. The molecule has 0 aliphatic rings. The molecule has 0 fully saturated rings. The highest BCUT2D eigenvalue weighted by Crippen LogP contribution is 2.19. The van der Waals surface area contributed by atoms with Crippen LogP contribution in [0.5, 0.6) is 0 Å². The lowest BCUT2D eigenvalue weighted by Gasteiger charge is -2.01. The molecule has 1 aromatic carbocycles. The number of hydrogen-bond donors (Lipinski definition) is 0. The SMILES string of the molecule is CN(C)/C=C\CN=c1sc2ccccc2s1. The zero-order valence-electron chi connectivity index (χ0n) is 9.38. The summed E-state index contributed by atoms with van der Waals surface area (Å²) in [6, 6.07) is 8.43. The number of benzene rings is 1. The van der Waals surface area contributed by atoms with Gasteiger partial charge in [0.25, 0.3) is 0 Å². The number of hydrogen-bond acceptors (Lipinski definition) is 4. The Balaban J connectivity index is 2.17. The lowest BCUT2D eigenvalue weighted by Crippen LogP contribution is -2.00. The van der Waals surface area contributed by atoms with Crippen LogP contribution in [0.3, 0.4) is 0 Å². The fraction of sp³-hybridized carbons (Fsp3) is 0.250. The third kappa shape index (κ3) is 2.93. The first kappa shape index (κ1) is 11.4. The van der Waals surface area contributed by atoms with Crippen LogP contribution in [0.4, 0.5) is 0 Å². The first-order chi connectivity index (χ1) is 7.75. The molecule has 1 heterocycles. The molecule has 0 saturated carbocycles. The Hall–Kier alpha value is -1.13. The Morgan fingerprint density at radius 1 is 1.19 bits per heavy atom. The van der Waals surface area contributed by atoms with Crippen molar-refractivity contribution >= 4 is 32.1 Å². The molecule has 4 heteroatoms. The summed E-state index contributed by atoms with van der Waals surface area (Å²) in [7, 11) is 4.02. The normalized spacial score (nSPS) is 11.1. The van der Waals surface area contributed by atoms with Gasteiger partial charge in [0.15, 0.2) is 3.98 Å². The molecule has 0 N–H and O–H groups in total. The maximum Gasteiger partial charge on any atom is 0.167 e. The van der Waals surface area contributed by atoms with Gasteiger partial charge in [0.1, 0.15) is 0 Å². The van der Waals surface area contributed by atoms with Crippen LogP contribution in [-0.2, 0) is 0 Å². The Morgan fingerprint density at radius 2 is 1.81 bits per heavy atom. The lowest BCUT2D eigenvalue weighted by atomic mass is 10.4. The maximum absolute atomic E-state index is 4.54. The van der Waals surface area contributed by atoms with E-state index in [1.807, 2.05) is 25.2 Å². The number of nitrogens with zero attached hydrogens (tertiary/aromatic N) is 2. The van der Waals surface area contributed by atoms with Crippen molar-refractivity contribution in [3.8, 4) is 0 Å². The molecular formula is C12H14N2S2. The van der Waals surface area contributed by atoms with Gasteiger partial charge in [0, 0.05) is 23.5 Å². The Kier molecular flexibility index (Phi) is 3.74.